The van der Waals surface area contributed by atoms with Gasteiger partial charge in [-0.1, -0.05) is 26.0 Å². The minimum atomic E-state index is -0.165. The van der Waals surface area contributed by atoms with E-state index in [9.17, 15) is 4.79 Å². The molecule has 3 N–H and O–H groups in total. The molecular weight excluding hydrogens is 322 g/mol. The highest BCUT2D eigenvalue weighted by atomic mass is 32.1. The molecule has 0 aliphatic rings. The van der Waals surface area contributed by atoms with Crippen molar-refractivity contribution in [2.75, 3.05) is 13.2 Å². The molecule has 1 aromatic heterocycles. The van der Waals surface area contributed by atoms with Crippen molar-refractivity contribution in [3.63, 3.8) is 0 Å². The Morgan fingerprint density at radius 3 is 2.62 bits per heavy atom. The second kappa shape index (κ2) is 8.80. The minimum Gasteiger partial charge on any atom is -0.493 e. The smallest absolute Gasteiger partial charge is 0.271 e. The summed E-state index contributed by atoms with van der Waals surface area (Å²) in [7, 11) is 0. The molecular formula is C18H25N3O2S. The van der Waals surface area contributed by atoms with Gasteiger partial charge in [0.25, 0.3) is 5.91 Å². The summed E-state index contributed by atoms with van der Waals surface area (Å²) in [6, 6.07) is 7.71. The number of hydrogen-bond acceptors (Lipinski definition) is 5. The molecule has 0 bridgehead atoms. The van der Waals surface area contributed by atoms with E-state index in [4.69, 9.17) is 10.5 Å². The van der Waals surface area contributed by atoms with Gasteiger partial charge in [0, 0.05) is 11.8 Å². The zero-order valence-corrected chi connectivity index (χ0v) is 15.2. The largest absolute Gasteiger partial charge is 0.493 e. The Labute approximate surface area is 147 Å². The summed E-state index contributed by atoms with van der Waals surface area (Å²) in [5.41, 5.74) is 6.99. The number of nitrogens with zero attached hydrogens (tertiary/aromatic N) is 1. The lowest BCUT2D eigenvalue weighted by atomic mass is 10.1. The molecule has 1 amide bonds. The van der Waals surface area contributed by atoms with E-state index in [1.54, 1.807) is 5.38 Å². The van der Waals surface area contributed by atoms with Crippen molar-refractivity contribution in [2.45, 2.75) is 33.2 Å². The molecule has 24 heavy (non-hydrogen) atoms. The zero-order valence-electron chi connectivity index (χ0n) is 14.4. The molecule has 0 saturated heterocycles. The van der Waals surface area contributed by atoms with Gasteiger partial charge in [-0.3, -0.25) is 4.79 Å². The van der Waals surface area contributed by atoms with E-state index in [-0.39, 0.29) is 11.9 Å². The third-order valence-corrected chi connectivity index (χ3v) is 4.36. The van der Waals surface area contributed by atoms with E-state index in [2.05, 4.69) is 24.1 Å². The van der Waals surface area contributed by atoms with E-state index in [1.807, 2.05) is 31.2 Å². The first-order chi connectivity index (χ1) is 11.5. The van der Waals surface area contributed by atoms with Crippen molar-refractivity contribution in [3.8, 4) is 5.75 Å². The van der Waals surface area contributed by atoms with Gasteiger partial charge in [-0.25, -0.2) is 4.98 Å². The zero-order chi connectivity index (χ0) is 17.5. The number of amides is 1. The summed E-state index contributed by atoms with van der Waals surface area (Å²) in [6.45, 7) is 7.42. The third kappa shape index (κ3) is 5.32. The number of thiazole rings is 1. The number of aromatic nitrogens is 1. The molecule has 6 heteroatoms. The molecule has 1 heterocycles. The van der Waals surface area contributed by atoms with Gasteiger partial charge < -0.3 is 15.8 Å². The van der Waals surface area contributed by atoms with Crippen LogP contribution in [0.2, 0.25) is 0 Å². The lowest BCUT2D eigenvalue weighted by molar-refractivity contribution is 0.0935. The first kappa shape index (κ1) is 18.4. The summed E-state index contributed by atoms with van der Waals surface area (Å²) in [4.78, 5) is 16.6. The maximum Gasteiger partial charge on any atom is 0.271 e. The summed E-state index contributed by atoms with van der Waals surface area (Å²) >= 11 is 1.47. The lowest BCUT2D eigenvalue weighted by Gasteiger charge is -2.15. The fourth-order valence-corrected chi connectivity index (χ4v) is 2.92. The third-order valence-electron chi connectivity index (χ3n) is 3.45. The number of carbonyl (C=O) groups is 1. The van der Waals surface area contributed by atoms with Crippen molar-refractivity contribution in [1.82, 2.24) is 10.3 Å². The molecule has 1 aromatic carbocycles. The Morgan fingerprint density at radius 2 is 2.00 bits per heavy atom. The van der Waals surface area contributed by atoms with Crippen LogP contribution in [0.1, 0.15) is 47.9 Å². The molecule has 0 radical (unpaired) electrons. The van der Waals surface area contributed by atoms with Crippen LogP contribution in [-0.2, 0) is 6.42 Å². The Hall–Kier alpha value is -1.92. The van der Waals surface area contributed by atoms with Crippen LogP contribution in [0.15, 0.2) is 29.6 Å². The number of rotatable bonds is 8. The fourth-order valence-electron chi connectivity index (χ4n) is 2.12. The summed E-state index contributed by atoms with van der Waals surface area (Å²) < 4.78 is 5.67. The molecule has 1 atom stereocenters. The Bertz CT molecular complexity index is 653. The molecule has 0 fully saturated rings. The van der Waals surface area contributed by atoms with E-state index in [0.29, 0.717) is 31.2 Å². The molecule has 130 valence electrons. The topological polar surface area (TPSA) is 77.2 Å². The van der Waals surface area contributed by atoms with Gasteiger partial charge in [0.15, 0.2) is 0 Å². The van der Waals surface area contributed by atoms with Crippen molar-refractivity contribution < 1.29 is 9.53 Å². The highest BCUT2D eigenvalue weighted by Gasteiger charge is 2.14. The van der Waals surface area contributed by atoms with Crippen LogP contribution in [0.4, 0.5) is 0 Å². The number of nitrogens with two attached hydrogens (primary N) is 1. The van der Waals surface area contributed by atoms with Crippen molar-refractivity contribution in [1.29, 1.82) is 0 Å². The van der Waals surface area contributed by atoms with Crippen LogP contribution in [0.3, 0.4) is 0 Å². The summed E-state index contributed by atoms with van der Waals surface area (Å²) in [5.74, 6) is 1.17. The normalized spacial score (nSPS) is 12.2. The van der Waals surface area contributed by atoms with Crippen molar-refractivity contribution in [3.05, 3.63) is 45.9 Å². The molecule has 2 rings (SSSR count). The monoisotopic (exact) mass is 347 g/mol. The van der Waals surface area contributed by atoms with Gasteiger partial charge in [-0.15, -0.1) is 11.3 Å². The van der Waals surface area contributed by atoms with Crippen LogP contribution < -0.4 is 15.8 Å². The lowest BCUT2D eigenvalue weighted by Crippen LogP contribution is -2.27. The first-order valence-electron chi connectivity index (χ1n) is 8.17. The SMILES string of the molecule is CC(C)COc1ccc(C(C)NC(=O)c2csc(CCN)n2)cc1. The number of carbonyl (C=O) groups excluding carboxylic acids is 1. The second-order valence-corrected chi connectivity index (χ2v) is 7.08. The quantitative estimate of drug-likeness (QED) is 0.769. The molecule has 0 aliphatic carbocycles. The summed E-state index contributed by atoms with van der Waals surface area (Å²) in [5, 5.41) is 5.64. The molecule has 1 unspecified atom stereocenters. The molecule has 5 nitrogen and oxygen atoms in total. The molecule has 0 aliphatic heterocycles. The predicted octanol–water partition coefficient (Wildman–Crippen LogP) is 3.17. The average molecular weight is 347 g/mol. The van der Waals surface area contributed by atoms with Gasteiger partial charge in [-0.05, 0) is 37.1 Å². The Kier molecular flexibility index (Phi) is 6.75. The van der Waals surface area contributed by atoms with E-state index in [1.165, 1.54) is 11.3 Å². The van der Waals surface area contributed by atoms with Gasteiger partial charge in [-0.2, -0.15) is 0 Å². The first-order valence-corrected chi connectivity index (χ1v) is 9.05. The van der Waals surface area contributed by atoms with Gasteiger partial charge in [0.1, 0.15) is 11.4 Å². The number of hydrogen-bond donors (Lipinski definition) is 2. The highest BCUT2D eigenvalue weighted by molar-refractivity contribution is 7.09. The van der Waals surface area contributed by atoms with Gasteiger partial charge >= 0.3 is 0 Å². The van der Waals surface area contributed by atoms with Crippen LogP contribution >= 0.6 is 11.3 Å². The second-order valence-electron chi connectivity index (χ2n) is 6.13. The minimum absolute atomic E-state index is 0.101. The van der Waals surface area contributed by atoms with E-state index in [0.717, 1.165) is 16.3 Å². The highest BCUT2D eigenvalue weighted by Crippen LogP contribution is 2.19. The van der Waals surface area contributed by atoms with Crippen molar-refractivity contribution >= 4 is 17.2 Å². The number of benzene rings is 1. The van der Waals surface area contributed by atoms with Gasteiger partial charge in [0.2, 0.25) is 0 Å². The Balaban J connectivity index is 1.93. The van der Waals surface area contributed by atoms with Crippen LogP contribution in [-0.4, -0.2) is 24.0 Å². The molecule has 0 saturated carbocycles. The van der Waals surface area contributed by atoms with E-state index < -0.39 is 0 Å². The van der Waals surface area contributed by atoms with Gasteiger partial charge in [0.05, 0.1) is 17.7 Å². The number of ether oxygens (including phenoxy) is 1. The predicted molar refractivity (Wildman–Crippen MR) is 97.5 cm³/mol. The van der Waals surface area contributed by atoms with Crippen LogP contribution in [0.25, 0.3) is 0 Å². The molecule has 2 aromatic rings. The average Bonchev–Trinajstić information content (AvgIpc) is 3.02. The van der Waals surface area contributed by atoms with Crippen LogP contribution in [0.5, 0.6) is 5.75 Å². The molecule has 0 spiro atoms. The van der Waals surface area contributed by atoms with Crippen molar-refractivity contribution in [2.24, 2.45) is 11.7 Å². The number of nitrogens with one attached hydrogen (secondary N) is 1. The maximum atomic E-state index is 12.3. The maximum absolute atomic E-state index is 12.3. The Morgan fingerprint density at radius 1 is 1.29 bits per heavy atom. The fraction of sp³-hybridized carbons (Fsp3) is 0.444. The standard InChI is InChI=1S/C18H25N3O2S/c1-12(2)10-23-15-6-4-14(5-7-15)13(3)20-18(22)16-11-24-17(21-16)8-9-19/h4-7,11-13H,8-10,19H2,1-3H3,(H,20,22). The van der Waals surface area contributed by atoms with E-state index >= 15 is 0 Å². The van der Waals surface area contributed by atoms with Crippen LogP contribution in [0, 0.1) is 5.92 Å². The summed E-state index contributed by atoms with van der Waals surface area (Å²) in [6.07, 6.45) is 0.700.